The molecule has 0 spiro atoms. The van der Waals surface area contributed by atoms with Gasteiger partial charge >= 0.3 is 0 Å². The number of anilines is 1. The van der Waals surface area contributed by atoms with Crippen LogP contribution in [-0.2, 0) is 4.79 Å². The molecule has 0 saturated heterocycles. The van der Waals surface area contributed by atoms with Crippen LogP contribution in [0.5, 0.6) is 0 Å². The fourth-order valence-corrected chi connectivity index (χ4v) is 3.76. The van der Waals surface area contributed by atoms with Gasteiger partial charge in [-0.2, -0.15) is 0 Å². The lowest BCUT2D eigenvalue weighted by atomic mass is 9.91. The molecule has 1 aliphatic rings. The smallest absolute Gasteiger partial charge is 0.265 e. The Bertz CT molecular complexity index is 1150. The zero-order valence-corrected chi connectivity index (χ0v) is 16.5. The number of rotatable bonds is 2. The third-order valence-electron chi connectivity index (χ3n) is 4.70. The van der Waals surface area contributed by atoms with Crippen molar-refractivity contribution in [1.82, 2.24) is 0 Å². The van der Waals surface area contributed by atoms with Crippen LogP contribution < -0.4 is 4.90 Å². The summed E-state index contributed by atoms with van der Waals surface area (Å²) in [5.41, 5.74) is 3.54. The number of carbonyl (C=O) groups is 2. The Balaban J connectivity index is 1.94. The van der Waals surface area contributed by atoms with Gasteiger partial charge in [0.05, 0.1) is 5.69 Å². The van der Waals surface area contributed by atoms with Gasteiger partial charge in [0.2, 0.25) is 0 Å². The van der Waals surface area contributed by atoms with Gasteiger partial charge < -0.3 is 0 Å². The summed E-state index contributed by atoms with van der Waals surface area (Å²) in [6, 6.07) is 19.5. The third-order valence-corrected chi connectivity index (χ3v) is 5.27. The molecule has 138 valence electrons. The molecular formula is C23H15Cl2NO2. The lowest BCUT2D eigenvalue weighted by Gasteiger charge is -2.29. The molecule has 0 saturated carbocycles. The van der Waals surface area contributed by atoms with Crippen molar-refractivity contribution >= 4 is 52.4 Å². The maximum Gasteiger partial charge on any atom is 0.265 e. The largest absolute Gasteiger partial charge is 0.268 e. The Hall–Kier alpha value is -2.88. The van der Waals surface area contributed by atoms with Crippen LogP contribution in [0.1, 0.15) is 27.0 Å². The Kier molecular flexibility index (Phi) is 4.80. The van der Waals surface area contributed by atoms with E-state index in [1.807, 2.05) is 25.1 Å². The minimum Gasteiger partial charge on any atom is -0.268 e. The molecular weight excluding hydrogens is 393 g/mol. The molecule has 3 aromatic carbocycles. The lowest BCUT2D eigenvalue weighted by Crippen LogP contribution is -2.42. The Morgan fingerprint density at radius 2 is 1.50 bits per heavy atom. The molecule has 0 N–H and O–H groups in total. The van der Waals surface area contributed by atoms with E-state index in [1.165, 1.54) is 4.90 Å². The molecule has 3 nitrogen and oxygen atoms in total. The van der Waals surface area contributed by atoms with Crippen LogP contribution in [0.3, 0.4) is 0 Å². The van der Waals surface area contributed by atoms with Crippen molar-refractivity contribution < 1.29 is 9.59 Å². The number of aryl methyl sites for hydroxylation is 1. The van der Waals surface area contributed by atoms with Crippen LogP contribution in [0.2, 0.25) is 10.0 Å². The highest BCUT2D eigenvalue weighted by Crippen LogP contribution is 2.35. The van der Waals surface area contributed by atoms with Crippen molar-refractivity contribution in [3.8, 4) is 0 Å². The molecule has 0 unspecified atom stereocenters. The first kappa shape index (κ1) is 18.5. The lowest BCUT2D eigenvalue weighted by molar-refractivity contribution is -0.112. The van der Waals surface area contributed by atoms with E-state index >= 15 is 0 Å². The van der Waals surface area contributed by atoms with Crippen LogP contribution in [-0.4, -0.2) is 11.8 Å². The molecule has 0 radical (unpaired) electrons. The fraction of sp³-hybridized carbons (Fsp3) is 0.0435. The molecule has 0 atom stereocenters. The van der Waals surface area contributed by atoms with Crippen LogP contribution in [0.25, 0.3) is 11.6 Å². The standard InChI is InChI=1S/C23H15Cl2NO2/c1-14-6-2-5-9-21(14)26-22(27)18-8-4-3-7-17(18)19(23(26)28)12-15-10-11-16(24)13-20(15)25/h2-13H,1H3/b19-12-. The molecule has 28 heavy (non-hydrogen) atoms. The summed E-state index contributed by atoms with van der Waals surface area (Å²) in [7, 11) is 0. The summed E-state index contributed by atoms with van der Waals surface area (Å²) < 4.78 is 0. The normalized spacial score (nSPS) is 15.1. The molecule has 0 aromatic heterocycles. The van der Waals surface area contributed by atoms with Crippen LogP contribution in [0.15, 0.2) is 66.7 Å². The first-order chi connectivity index (χ1) is 13.5. The number of hydrogen-bond donors (Lipinski definition) is 0. The van der Waals surface area contributed by atoms with E-state index in [4.69, 9.17) is 23.2 Å². The average molecular weight is 408 g/mol. The van der Waals surface area contributed by atoms with Crippen molar-refractivity contribution in [3.63, 3.8) is 0 Å². The van der Waals surface area contributed by atoms with Gasteiger partial charge in [0, 0.05) is 21.2 Å². The van der Waals surface area contributed by atoms with E-state index in [9.17, 15) is 9.59 Å². The van der Waals surface area contributed by atoms with Crippen LogP contribution >= 0.6 is 23.2 Å². The maximum atomic E-state index is 13.4. The van der Waals surface area contributed by atoms with Crippen LogP contribution in [0.4, 0.5) is 5.69 Å². The molecule has 2 amide bonds. The van der Waals surface area contributed by atoms with Gasteiger partial charge in [-0.3, -0.25) is 9.59 Å². The highest BCUT2D eigenvalue weighted by Gasteiger charge is 2.36. The summed E-state index contributed by atoms with van der Waals surface area (Å²) in [4.78, 5) is 27.8. The number of para-hydroxylation sites is 1. The predicted octanol–water partition coefficient (Wildman–Crippen LogP) is 6.03. The third kappa shape index (κ3) is 3.13. The quantitative estimate of drug-likeness (QED) is 0.384. The second kappa shape index (κ2) is 7.27. The number of benzene rings is 3. The summed E-state index contributed by atoms with van der Waals surface area (Å²) in [5, 5.41) is 0.948. The molecule has 5 heteroatoms. The maximum absolute atomic E-state index is 13.4. The van der Waals surface area contributed by atoms with Gasteiger partial charge in [0.25, 0.3) is 11.8 Å². The highest BCUT2D eigenvalue weighted by atomic mass is 35.5. The van der Waals surface area contributed by atoms with Crippen molar-refractivity contribution in [3.05, 3.63) is 99.0 Å². The minimum absolute atomic E-state index is 0.339. The summed E-state index contributed by atoms with van der Waals surface area (Å²) in [6.07, 6.45) is 1.71. The van der Waals surface area contributed by atoms with E-state index in [2.05, 4.69) is 0 Å². The monoisotopic (exact) mass is 407 g/mol. The van der Waals surface area contributed by atoms with Crippen LogP contribution in [0, 0.1) is 6.92 Å². The number of carbonyl (C=O) groups excluding carboxylic acids is 2. The van der Waals surface area contributed by atoms with E-state index in [0.717, 1.165) is 5.56 Å². The average Bonchev–Trinajstić information content (AvgIpc) is 2.68. The number of hydrogen-bond acceptors (Lipinski definition) is 2. The Morgan fingerprint density at radius 3 is 2.21 bits per heavy atom. The van der Waals surface area contributed by atoms with Gasteiger partial charge in [-0.1, -0.05) is 65.7 Å². The molecule has 1 heterocycles. The van der Waals surface area contributed by atoms with E-state index in [1.54, 1.807) is 54.6 Å². The molecule has 0 fully saturated rings. The predicted molar refractivity (Wildman–Crippen MR) is 114 cm³/mol. The summed E-state index contributed by atoms with van der Waals surface area (Å²) in [6.45, 7) is 1.87. The molecule has 0 aliphatic carbocycles. The number of amides is 2. The van der Waals surface area contributed by atoms with Crippen molar-refractivity contribution in [2.45, 2.75) is 6.92 Å². The van der Waals surface area contributed by atoms with Gasteiger partial charge in [0.15, 0.2) is 0 Å². The summed E-state index contributed by atoms with van der Waals surface area (Å²) in [5.74, 6) is -0.724. The fourth-order valence-electron chi connectivity index (χ4n) is 3.30. The minimum atomic E-state index is -0.385. The SMILES string of the molecule is Cc1ccccc1N1C(=O)/C(=C\c2ccc(Cl)cc2Cl)c2ccccc2C1=O. The first-order valence-corrected chi connectivity index (χ1v) is 9.43. The van der Waals surface area contributed by atoms with Crippen molar-refractivity contribution in [2.24, 2.45) is 0 Å². The second-order valence-corrected chi connectivity index (χ2v) is 7.35. The zero-order chi connectivity index (χ0) is 19.8. The van der Waals surface area contributed by atoms with Gasteiger partial charge in [-0.25, -0.2) is 4.90 Å². The Morgan fingerprint density at radius 1 is 0.821 bits per heavy atom. The topological polar surface area (TPSA) is 37.4 Å². The number of fused-ring (bicyclic) bond motifs is 1. The summed E-state index contributed by atoms with van der Waals surface area (Å²) >= 11 is 12.3. The van der Waals surface area contributed by atoms with E-state index in [0.29, 0.717) is 38.0 Å². The van der Waals surface area contributed by atoms with Crippen molar-refractivity contribution in [2.75, 3.05) is 4.90 Å². The molecule has 0 bridgehead atoms. The number of nitrogens with zero attached hydrogens (tertiary/aromatic N) is 1. The van der Waals surface area contributed by atoms with Gasteiger partial charge in [-0.15, -0.1) is 0 Å². The number of imide groups is 1. The molecule has 1 aliphatic heterocycles. The zero-order valence-electron chi connectivity index (χ0n) is 14.9. The van der Waals surface area contributed by atoms with Gasteiger partial charge in [0.1, 0.15) is 0 Å². The van der Waals surface area contributed by atoms with E-state index < -0.39 is 0 Å². The first-order valence-electron chi connectivity index (χ1n) is 8.68. The highest BCUT2D eigenvalue weighted by molar-refractivity contribution is 6.44. The molecule has 4 rings (SSSR count). The van der Waals surface area contributed by atoms with E-state index in [-0.39, 0.29) is 11.8 Å². The van der Waals surface area contributed by atoms with Crippen molar-refractivity contribution in [1.29, 1.82) is 0 Å². The number of halogens is 2. The Labute approximate surface area is 172 Å². The molecule has 3 aromatic rings. The van der Waals surface area contributed by atoms with Gasteiger partial charge in [-0.05, 0) is 54.0 Å². The second-order valence-electron chi connectivity index (χ2n) is 6.50.